The molecule has 1 aliphatic heterocycles. The molecule has 6 heterocycles. The minimum absolute atomic E-state index is 0.173. The number of hydrogen-bond donors (Lipinski definition) is 3. The minimum Gasteiger partial charge on any atom is -0.378 e. The summed E-state index contributed by atoms with van der Waals surface area (Å²) in [6, 6.07) is 6.00. The number of H-pyrrole nitrogens is 1. The Balaban J connectivity index is 1.37. The summed E-state index contributed by atoms with van der Waals surface area (Å²) in [4.78, 5) is 42.8. The summed E-state index contributed by atoms with van der Waals surface area (Å²) < 4.78 is 6.59. The molecule has 1 amide bonds. The predicted octanol–water partition coefficient (Wildman–Crippen LogP) is 2.62. The Morgan fingerprint density at radius 2 is 2.05 bits per heavy atom. The largest absolute Gasteiger partial charge is 0.378 e. The van der Waals surface area contributed by atoms with Gasteiger partial charge in [0.05, 0.1) is 35.5 Å². The third-order valence-corrected chi connectivity index (χ3v) is 7.25. The zero-order chi connectivity index (χ0) is 25.4. The molecule has 1 aliphatic rings. The van der Waals surface area contributed by atoms with E-state index in [0.29, 0.717) is 31.5 Å². The molecular weight excluding hydrogens is 494 g/mol. The number of pyridine rings is 1. The smallest absolute Gasteiger partial charge is 0.277 e. The fourth-order valence-electron chi connectivity index (χ4n) is 4.30. The molecule has 0 atom stereocenters. The number of aromatic nitrogens is 6. The van der Waals surface area contributed by atoms with E-state index in [0.717, 1.165) is 50.6 Å². The average molecular weight is 518 g/mol. The number of thiophene rings is 1. The SMILES string of the molecule is CN(Cc1cc2nc(-c3c[nH]c4ncccc34)nc(N3CCOCC3)c2s1)c1ncc(C(=O)NO)cn1. The number of hydrogen-bond acceptors (Lipinski definition) is 11. The molecule has 37 heavy (non-hydrogen) atoms. The molecule has 1 fully saturated rings. The van der Waals surface area contributed by atoms with Crippen molar-refractivity contribution in [3.63, 3.8) is 0 Å². The zero-order valence-electron chi connectivity index (χ0n) is 19.9. The number of fused-ring (bicyclic) bond motifs is 2. The average Bonchev–Trinajstić information content (AvgIpc) is 3.56. The van der Waals surface area contributed by atoms with Crippen molar-refractivity contribution in [2.75, 3.05) is 43.2 Å². The summed E-state index contributed by atoms with van der Waals surface area (Å²) in [6.45, 7) is 3.37. The van der Waals surface area contributed by atoms with Crippen LogP contribution in [0, 0.1) is 0 Å². The van der Waals surface area contributed by atoms with Gasteiger partial charge in [0.15, 0.2) is 11.6 Å². The number of nitrogens with one attached hydrogen (secondary N) is 2. The first-order valence-corrected chi connectivity index (χ1v) is 12.5. The van der Waals surface area contributed by atoms with Crippen molar-refractivity contribution in [3.05, 3.63) is 53.4 Å². The zero-order valence-corrected chi connectivity index (χ0v) is 20.7. The van der Waals surface area contributed by atoms with E-state index >= 15 is 0 Å². The molecule has 0 radical (unpaired) electrons. The van der Waals surface area contributed by atoms with Gasteiger partial charge in [-0.15, -0.1) is 11.3 Å². The van der Waals surface area contributed by atoms with Crippen LogP contribution in [0.25, 0.3) is 32.6 Å². The molecule has 13 heteroatoms. The normalized spacial score (nSPS) is 13.8. The first-order chi connectivity index (χ1) is 18.1. The van der Waals surface area contributed by atoms with Crippen LogP contribution in [0.2, 0.25) is 0 Å². The van der Waals surface area contributed by atoms with Gasteiger partial charge in [0, 0.05) is 60.8 Å². The number of ether oxygens (including phenoxy) is 1. The molecule has 0 spiro atoms. The van der Waals surface area contributed by atoms with E-state index < -0.39 is 5.91 Å². The summed E-state index contributed by atoms with van der Waals surface area (Å²) in [6.07, 6.45) is 6.41. The van der Waals surface area contributed by atoms with Gasteiger partial charge in [0.1, 0.15) is 5.65 Å². The van der Waals surface area contributed by atoms with Crippen LogP contribution >= 0.6 is 11.3 Å². The van der Waals surface area contributed by atoms with Crippen LogP contribution in [-0.4, -0.2) is 74.4 Å². The molecule has 12 nitrogen and oxygen atoms in total. The lowest BCUT2D eigenvalue weighted by atomic mass is 10.2. The molecule has 0 unspecified atom stereocenters. The van der Waals surface area contributed by atoms with Gasteiger partial charge < -0.3 is 19.5 Å². The number of anilines is 2. The maximum atomic E-state index is 11.5. The molecule has 0 aliphatic carbocycles. The van der Waals surface area contributed by atoms with Crippen LogP contribution in [0.3, 0.4) is 0 Å². The Kier molecular flexibility index (Phi) is 6.08. The van der Waals surface area contributed by atoms with Gasteiger partial charge in [-0.2, -0.15) is 0 Å². The van der Waals surface area contributed by atoms with Crippen molar-refractivity contribution >= 4 is 50.3 Å². The molecule has 5 aromatic heterocycles. The summed E-state index contributed by atoms with van der Waals surface area (Å²) >= 11 is 1.64. The van der Waals surface area contributed by atoms with Gasteiger partial charge >= 0.3 is 0 Å². The monoisotopic (exact) mass is 517 g/mol. The van der Waals surface area contributed by atoms with Crippen LogP contribution in [-0.2, 0) is 11.3 Å². The third kappa shape index (κ3) is 4.43. The number of aromatic amines is 1. The third-order valence-electron chi connectivity index (χ3n) is 6.14. The summed E-state index contributed by atoms with van der Waals surface area (Å²) in [5, 5.41) is 9.76. The van der Waals surface area contributed by atoms with Gasteiger partial charge in [0.2, 0.25) is 5.95 Å². The van der Waals surface area contributed by atoms with Crippen molar-refractivity contribution in [2.24, 2.45) is 0 Å². The van der Waals surface area contributed by atoms with Gasteiger partial charge in [-0.3, -0.25) is 10.0 Å². The highest BCUT2D eigenvalue weighted by atomic mass is 32.1. The summed E-state index contributed by atoms with van der Waals surface area (Å²) in [7, 11) is 1.88. The standard InChI is InChI=1S/C24H23N9O3S/c1-32(24-27-10-14(11-28-24)23(34)31-35)13-15-9-18-19(37-15)22(33-5-7-36-8-6-33)30-21(29-18)17-12-26-20-16(17)3-2-4-25-20/h2-4,9-12,35H,5-8,13H2,1H3,(H,25,26)(H,31,34). The number of morpholine rings is 1. The van der Waals surface area contributed by atoms with Crippen molar-refractivity contribution in [3.8, 4) is 11.4 Å². The highest BCUT2D eigenvalue weighted by Gasteiger charge is 2.22. The lowest BCUT2D eigenvalue weighted by Gasteiger charge is -2.28. The molecule has 0 bridgehead atoms. The van der Waals surface area contributed by atoms with Gasteiger partial charge in [-0.05, 0) is 18.2 Å². The maximum Gasteiger partial charge on any atom is 0.277 e. The van der Waals surface area contributed by atoms with Crippen LogP contribution in [0.4, 0.5) is 11.8 Å². The van der Waals surface area contributed by atoms with E-state index in [1.807, 2.05) is 30.3 Å². The summed E-state index contributed by atoms with van der Waals surface area (Å²) in [5.74, 6) is 1.34. The van der Waals surface area contributed by atoms with Crippen LogP contribution < -0.4 is 15.3 Å². The first kappa shape index (κ1) is 23.2. The second kappa shape index (κ2) is 9.69. The van der Waals surface area contributed by atoms with Gasteiger partial charge in [-0.1, -0.05) is 0 Å². The first-order valence-electron chi connectivity index (χ1n) is 11.6. The Labute approximate surface area is 214 Å². The summed E-state index contributed by atoms with van der Waals surface area (Å²) in [5.41, 5.74) is 4.33. The van der Waals surface area contributed by atoms with E-state index in [9.17, 15) is 4.79 Å². The van der Waals surface area contributed by atoms with E-state index in [1.54, 1.807) is 23.0 Å². The van der Waals surface area contributed by atoms with E-state index in [-0.39, 0.29) is 5.56 Å². The minimum atomic E-state index is -0.658. The van der Waals surface area contributed by atoms with Gasteiger partial charge in [-0.25, -0.2) is 30.4 Å². The Hall–Kier alpha value is -4.20. The molecule has 0 saturated carbocycles. The fourth-order valence-corrected chi connectivity index (χ4v) is 5.46. The quantitative estimate of drug-likeness (QED) is 0.227. The number of rotatable bonds is 6. The fraction of sp³-hybridized carbons (Fsp3) is 0.250. The molecule has 6 rings (SSSR count). The van der Waals surface area contributed by atoms with Crippen molar-refractivity contribution in [2.45, 2.75) is 6.54 Å². The van der Waals surface area contributed by atoms with E-state index in [2.05, 4.69) is 30.9 Å². The number of carbonyl (C=O) groups is 1. The van der Waals surface area contributed by atoms with Crippen LogP contribution in [0.15, 0.2) is 43.0 Å². The molecule has 188 valence electrons. The van der Waals surface area contributed by atoms with Crippen molar-refractivity contribution < 1.29 is 14.7 Å². The number of hydroxylamine groups is 1. The Morgan fingerprint density at radius 1 is 1.24 bits per heavy atom. The Bertz CT molecular complexity index is 1580. The van der Waals surface area contributed by atoms with E-state index in [4.69, 9.17) is 19.9 Å². The second-order valence-electron chi connectivity index (χ2n) is 8.57. The second-order valence-corrected chi connectivity index (χ2v) is 9.70. The lowest BCUT2D eigenvalue weighted by Crippen LogP contribution is -2.36. The highest BCUT2D eigenvalue weighted by Crippen LogP contribution is 2.36. The van der Waals surface area contributed by atoms with E-state index in [1.165, 1.54) is 12.4 Å². The molecule has 0 aromatic carbocycles. The topological polar surface area (TPSA) is 145 Å². The van der Waals surface area contributed by atoms with Crippen molar-refractivity contribution in [1.29, 1.82) is 0 Å². The van der Waals surface area contributed by atoms with Crippen LogP contribution in [0.5, 0.6) is 0 Å². The maximum absolute atomic E-state index is 11.5. The molecular formula is C24H23N9O3S. The predicted molar refractivity (Wildman–Crippen MR) is 139 cm³/mol. The van der Waals surface area contributed by atoms with Gasteiger partial charge in [0.25, 0.3) is 5.91 Å². The highest BCUT2D eigenvalue weighted by molar-refractivity contribution is 7.19. The number of amides is 1. The Morgan fingerprint density at radius 3 is 2.84 bits per heavy atom. The molecule has 5 aromatic rings. The molecule has 3 N–H and O–H groups in total. The van der Waals surface area contributed by atoms with Crippen molar-refractivity contribution in [1.82, 2.24) is 35.4 Å². The number of nitrogens with zero attached hydrogens (tertiary/aromatic N) is 7. The lowest BCUT2D eigenvalue weighted by molar-refractivity contribution is 0.0705. The van der Waals surface area contributed by atoms with Crippen LogP contribution in [0.1, 0.15) is 15.2 Å². The molecule has 1 saturated heterocycles. The number of carbonyl (C=O) groups excluding carboxylic acids is 1.